The van der Waals surface area contributed by atoms with Gasteiger partial charge in [0.2, 0.25) is 0 Å². The molecule has 2 aromatic rings. The van der Waals surface area contributed by atoms with Crippen LogP contribution in [0.3, 0.4) is 0 Å². The van der Waals surface area contributed by atoms with Gasteiger partial charge in [0.05, 0.1) is 12.4 Å². The second-order valence-corrected chi connectivity index (χ2v) is 4.74. The minimum atomic E-state index is 0.328. The Morgan fingerprint density at radius 1 is 0.864 bits per heavy atom. The maximum Gasteiger partial charge on any atom is 0.0986 e. The van der Waals surface area contributed by atoms with Gasteiger partial charge in [-0.1, -0.05) is 82.8 Å². The fraction of sp³-hybridized carbons (Fsp3) is 0.333. The van der Waals surface area contributed by atoms with Crippen LogP contribution in [0.5, 0.6) is 0 Å². The predicted octanol–water partition coefficient (Wildman–Crippen LogP) is 6.40. The highest BCUT2D eigenvalue weighted by molar-refractivity contribution is 5.78. The molecule has 0 N–H and O–H groups in total. The number of rotatable bonds is 3. The van der Waals surface area contributed by atoms with Crippen molar-refractivity contribution in [3.05, 3.63) is 72.0 Å². The van der Waals surface area contributed by atoms with Gasteiger partial charge in [-0.3, -0.25) is 0 Å². The molecular weight excluding hydrogens is 268 g/mol. The monoisotopic (exact) mass is 296 g/mol. The summed E-state index contributed by atoms with van der Waals surface area (Å²) in [5, 5.41) is 0. The number of ether oxygens (including phenoxy) is 1. The third-order valence-corrected chi connectivity index (χ3v) is 3.46. The van der Waals surface area contributed by atoms with E-state index in [1.54, 1.807) is 0 Å². The van der Waals surface area contributed by atoms with E-state index in [0.29, 0.717) is 12.5 Å². The molecule has 22 heavy (non-hydrogen) atoms. The van der Waals surface area contributed by atoms with Crippen molar-refractivity contribution in [3.8, 4) is 11.1 Å². The standard InChI is InChI=1S/C17H16O.2C2H6/c1-12(2)18-11-17-15-9-5-3-7-13(15)14-8-4-6-10-16(14)17;2*1-2/h3-10,17H,1,11H2,2H3;2*1-2H3. The van der Waals surface area contributed by atoms with Crippen LogP contribution >= 0.6 is 0 Å². The Labute approximate surface area is 135 Å². The zero-order valence-corrected chi connectivity index (χ0v) is 14.5. The van der Waals surface area contributed by atoms with E-state index in [1.807, 2.05) is 34.6 Å². The smallest absolute Gasteiger partial charge is 0.0986 e. The zero-order valence-electron chi connectivity index (χ0n) is 14.5. The summed E-state index contributed by atoms with van der Waals surface area (Å²) in [4.78, 5) is 0. The van der Waals surface area contributed by atoms with Crippen molar-refractivity contribution in [3.63, 3.8) is 0 Å². The van der Waals surface area contributed by atoms with Gasteiger partial charge in [-0.05, 0) is 29.2 Å². The molecule has 0 amide bonds. The first kappa shape index (κ1) is 18.0. The molecule has 0 atom stereocenters. The summed E-state index contributed by atoms with van der Waals surface area (Å²) in [7, 11) is 0. The van der Waals surface area contributed by atoms with E-state index in [1.165, 1.54) is 22.3 Å². The van der Waals surface area contributed by atoms with E-state index in [0.717, 1.165) is 5.76 Å². The molecule has 0 unspecified atom stereocenters. The minimum absolute atomic E-state index is 0.328. The van der Waals surface area contributed by atoms with Crippen molar-refractivity contribution in [2.24, 2.45) is 0 Å². The van der Waals surface area contributed by atoms with Crippen LogP contribution in [0.2, 0.25) is 0 Å². The molecule has 0 fully saturated rings. The summed E-state index contributed by atoms with van der Waals surface area (Å²) in [5.41, 5.74) is 5.40. The summed E-state index contributed by atoms with van der Waals surface area (Å²) >= 11 is 0. The quantitative estimate of drug-likeness (QED) is 0.595. The molecule has 1 nitrogen and oxygen atoms in total. The second kappa shape index (κ2) is 9.09. The molecule has 0 saturated carbocycles. The minimum Gasteiger partial charge on any atom is -0.498 e. The van der Waals surface area contributed by atoms with E-state index in [-0.39, 0.29) is 0 Å². The van der Waals surface area contributed by atoms with Crippen LogP contribution < -0.4 is 0 Å². The molecule has 0 saturated heterocycles. The number of fused-ring (bicyclic) bond motifs is 3. The molecule has 0 aliphatic heterocycles. The van der Waals surface area contributed by atoms with Crippen LogP contribution in [-0.4, -0.2) is 6.61 Å². The molecule has 0 aromatic heterocycles. The van der Waals surface area contributed by atoms with Gasteiger partial charge >= 0.3 is 0 Å². The van der Waals surface area contributed by atoms with Gasteiger partial charge < -0.3 is 4.74 Å². The van der Waals surface area contributed by atoms with Crippen molar-refractivity contribution in [1.29, 1.82) is 0 Å². The highest BCUT2D eigenvalue weighted by Crippen LogP contribution is 2.44. The number of benzene rings is 2. The van der Waals surface area contributed by atoms with E-state index in [2.05, 4.69) is 55.1 Å². The molecule has 1 heteroatoms. The van der Waals surface area contributed by atoms with Gasteiger partial charge in [-0.15, -0.1) is 0 Å². The Morgan fingerprint density at radius 3 is 1.68 bits per heavy atom. The first-order valence-electron chi connectivity index (χ1n) is 8.24. The van der Waals surface area contributed by atoms with Crippen molar-refractivity contribution in [2.75, 3.05) is 6.61 Å². The van der Waals surface area contributed by atoms with Crippen molar-refractivity contribution in [1.82, 2.24) is 0 Å². The molecule has 0 radical (unpaired) electrons. The fourth-order valence-corrected chi connectivity index (χ4v) is 2.66. The van der Waals surface area contributed by atoms with Gasteiger partial charge in [0.1, 0.15) is 0 Å². The average molecular weight is 296 g/mol. The maximum atomic E-state index is 5.65. The van der Waals surface area contributed by atoms with Crippen molar-refractivity contribution >= 4 is 0 Å². The summed E-state index contributed by atoms with van der Waals surface area (Å²) in [6, 6.07) is 17.2. The topological polar surface area (TPSA) is 9.23 Å². The van der Waals surface area contributed by atoms with Crippen LogP contribution in [0.1, 0.15) is 51.7 Å². The van der Waals surface area contributed by atoms with E-state index in [4.69, 9.17) is 4.74 Å². The molecule has 2 aromatic carbocycles. The summed E-state index contributed by atoms with van der Waals surface area (Å²) in [5.74, 6) is 1.10. The number of hydrogen-bond acceptors (Lipinski definition) is 1. The number of allylic oxidation sites excluding steroid dienone is 1. The Morgan fingerprint density at radius 2 is 1.27 bits per heavy atom. The van der Waals surface area contributed by atoms with Crippen LogP contribution in [-0.2, 0) is 4.74 Å². The number of hydrogen-bond donors (Lipinski definition) is 0. The largest absolute Gasteiger partial charge is 0.498 e. The Kier molecular flexibility index (Phi) is 7.45. The third kappa shape index (κ3) is 3.79. The molecule has 1 aliphatic carbocycles. The van der Waals surface area contributed by atoms with Crippen molar-refractivity contribution in [2.45, 2.75) is 40.5 Å². The molecule has 1 aliphatic rings. The Balaban J connectivity index is 0.000000561. The lowest BCUT2D eigenvalue weighted by atomic mass is 9.98. The highest BCUT2D eigenvalue weighted by Gasteiger charge is 2.28. The lowest BCUT2D eigenvalue weighted by Crippen LogP contribution is -2.05. The van der Waals surface area contributed by atoms with Gasteiger partial charge in [0.25, 0.3) is 0 Å². The first-order valence-corrected chi connectivity index (χ1v) is 8.24. The fourth-order valence-electron chi connectivity index (χ4n) is 2.66. The Hall–Kier alpha value is -2.02. The van der Waals surface area contributed by atoms with E-state index >= 15 is 0 Å². The molecule has 118 valence electrons. The maximum absolute atomic E-state index is 5.65. The lowest BCUT2D eigenvalue weighted by molar-refractivity contribution is 0.207. The van der Waals surface area contributed by atoms with Crippen molar-refractivity contribution < 1.29 is 4.74 Å². The van der Waals surface area contributed by atoms with Gasteiger partial charge in [0.15, 0.2) is 0 Å². The zero-order chi connectivity index (χ0) is 16.5. The SMILES string of the molecule is C=C(C)OCC1c2ccccc2-c2ccccc21.CC.CC. The Bertz CT molecular complexity index is 553. The van der Waals surface area contributed by atoms with Crippen LogP contribution in [0.25, 0.3) is 11.1 Å². The lowest BCUT2D eigenvalue weighted by Gasteiger charge is -2.14. The first-order chi connectivity index (χ1) is 10.8. The summed E-state index contributed by atoms with van der Waals surface area (Å²) in [6.07, 6.45) is 0. The molecule has 0 bridgehead atoms. The third-order valence-electron chi connectivity index (χ3n) is 3.46. The van der Waals surface area contributed by atoms with Gasteiger partial charge in [-0.2, -0.15) is 0 Å². The summed E-state index contributed by atoms with van der Waals surface area (Å²) < 4.78 is 5.65. The molecule has 0 heterocycles. The van der Waals surface area contributed by atoms with E-state index < -0.39 is 0 Å². The molecular formula is C21H28O. The van der Waals surface area contributed by atoms with Crippen LogP contribution in [0, 0.1) is 0 Å². The average Bonchev–Trinajstić information content (AvgIpc) is 2.91. The predicted molar refractivity (Wildman–Crippen MR) is 97.2 cm³/mol. The van der Waals surface area contributed by atoms with E-state index in [9.17, 15) is 0 Å². The second-order valence-electron chi connectivity index (χ2n) is 4.74. The van der Waals surface area contributed by atoms with Gasteiger partial charge in [0, 0.05) is 5.92 Å². The molecule has 0 spiro atoms. The normalized spacial score (nSPS) is 11.1. The summed E-state index contributed by atoms with van der Waals surface area (Å²) in [6.45, 7) is 14.4. The highest BCUT2D eigenvalue weighted by atomic mass is 16.5. The van der Waals surface area contributed by atoms with Crippen LogP contribution in [0.4, 0.5) is 0 Å². The van der Waals surface area contributed by atoms with Crippen LogP contribution in [0.15, 0.2) is 60.9 Å². The van der Waals surface area contributed by atoms with Gasteiger partial charge in [-0.25, -0.2) is 0 Å². The molecule has 3 rings (SSSR count).